The lowest BCUT2D eigenvalue weighted by atomic mass is 10.0. The first-order valence-electron chi connectivity index (χ1n) is 12.3. The Morgan fingerprint density at radius 1 is 0.917 bits per heavy atom. The van der Waals surface area contributed by atoms with Crippen LogP contribution in [0.3, 0.4) is 0 Å². The fourth-order valence-electron chi connectivity index (χ4n) is 3.87. The number of amides is 2. The third-order valence-electron chi connectivity index (χ3n) is 5.97. The molecule has 0 radical (unpaired) electrons. The van der Waals surface area contributed by atoms with Crippen molar-refractivity contribution in [1.82, 2.24) is 10.2 Å². The van der Waals surface area contributed by atoms with E-state index in [1.165, 1.54) is 0 Å². The Morgan fingerprint density at radius 2 is 1.58 bits per heavy atom. The van der Waals surface area contributed by atoms with Crippen molar-refractivity contribution >= 4 is 39.5 Å². The molecule has 1 N–H and O–H groups in total. The highest BCUT2D eigenvalue weighted by Crippen LogP contribution is 2.20. The van der Waals surface area contributed by atoms with Crippen LogP contribution >= 0.6 is 27.7 Å². The molecule has 0 aromatic heterocycles. The van der Waals surface area contributed by atoms with E-state index in [-0.39, 0.29) is 11.8 Å². The molecule has 1 atom stereocenters. The second kappa shape index (κ2) is 14.2. The van der Waals surface area contributed by atoms with Gasteiger partial charge >= 0.3 is 0 Å². The Morgan fingerprint density at radius 3 is 2.25 bits per heavy atom. The van der Waals surface area contributed by atoms with Gasteiger partial charge in [0.25, 0.3) is 0 Å². The van der Waals surface area contributed by atoms with Crippen LogP contribution in [-0.2, 0) is 28.3 Å². The Labute approximate surface area is 228 Å². The van der Waals surface area contributed by atoms with Crippen molar-refractivity contribution in [2.75, 3.05) is 12.3 Å². The average Bonchev–Trinajstić information content (AvgIpc) is 2.87. The molecule has 0 bridgehead atoms. The van der Waals surface area contributed by atoms with E-state index in [0.29, 0.717) is 31.2 Å². The first-order chi connectivity index (χ1) is 17.3. The van der Waals surface area contributed by atoms with Crippen molar-refractivity contribution in [3.8, 4) is 0 Å². The molecule has 0 heterocycles. The van der Waals surface area contributed by atoms with Crippen molar-refractivity contribution in [1.29, 1.82) is 0 Å². The summed E-state index contributed by atoms with van der Waals surface area (Å²) in [5.41, 5.74) is 4.36. The van der Waals surface area contributed by atoms with Crippen LogP contribution in [0.5, 0.6) is 0 Å². The number of aryl methyl sites for hydroxylation is 1. The van der Waals surface area contributed by atoms with E-state index in [9.17, 15) is 9.59 Å². The first-order valence-corrected chi connectivity index (χ1v) is 14.3. The smallest absolute Gasteiger partial charge is 0.243 e. The highest BCUT2D eigenvalue weighted by Gasteiger charge is 2.30. The fraction of sp³-hybridized carbons (Fsp3) is 0.333. The van der Waals surface area contributed by atoms with Gasteiger partial charge in [-0.05, 0) is 47.2 Å². The number of rotatable bonds is 12. The van der Waals surface area contributed by atoms with Crippen LogP contribution in [0.15, 0.2) is 83.3 Å². The molecule has 0 spiro atoms. The van der Waals surface area contributed by atoms with E-state index in [0.717, 1.165) is 32.5 Å². The summed E-state index contributed by atoms with van der Waals surface area (Å²) in [6.07, 6.45) is 0.472. The van der Waals surface area contributed by atoms with Gasteiger partial charge in [0.15, 0.2) is 0 Å². The molecule has 3 aromatic rings. The van der Waals surface area contributed by atoms with Crippen LogP contribution in [0.2, 0.25) is 0 Å². The molecule has 2 amide bonds. The second-order valence-electron chi connectivity index (χ2n) is 9.41. The lowest BCUT2D eigenvalue weighted by Crippen LogP contribution is -2.51. The van der Waals surface area contributed by atoms with Crippen molar-refractivity contribution in [3.05, 3.63) is 106 Å². The van der Waals surface area contributed by atoms with E-state index < -0.39 is 6.04 Å². The quantitative estimate of drug-likeness (QED) is 0.276. The topological polar surface area (TPSA) is 49.4 Å². The lowest BCUT2D eigenvalue weighted by molar-refractivity contribution is -0.139. The number of hydrogen-bond acceptors (Lipinski definition) is 3. The zero-order valence-corrected chi connectivity index (χ0v) is 23.6. The van der Waals surface area contributed by atoms with Gasteiger partial charge in [-0.3, -0.25) is 9.59 Å². The molecule has 0 aliphatic heterocycles. The Balaban J connectivity index is 1.84. The van der Waals surface area contributed by atoms with Gasteiger partial charge in [0, 0.05) is 29.7 Å². The molecule has 6 heteroatoms. The lowest BCUT2D eigenvalue weighted by Gasteiger charge is -2.32. The van der Waals surface area contributed by atoms with Gasteiger partial charge in [-0.1, -0.05) is 96.5 Å². The first kappa shape index (κ1) is 28.0. The van der Waals surface area contributed by atoms with E-state index in [1.54, 1.807) is 16.7 Å². The number of carbonyl (C=O) groups excluding carboxylic acids is 2. The van der Waals surface area contributed by atoms with Gasteiger partial charge in [0.2, 0.25) is 11.8 Å². The molecule has 0 aliphatic rings. The van der Waals surface area contributed by atoms with E-state index >= 15 is 0 Å². The van der Waals surface area contributed by atoms with Crippen LogP contribution in [-0.4, -0.2) is 35.1 Å². The number of nitrogens with one attached hydrogen (secondary N) is 1. The van der Waals surface area contributed by atoms with Gasteiger partial charge in [0.1, 0.15) is 6.04 Å². The van der Waals surface area contributed by atoms with E-state index in [2.05, 4.69) is 47.2 Å². The zero-order valence-electron chi connectivity index (χ0n) is 21.2. The van der Waals surface area contributed by atoms with Crippen molar-refractivity contribution in [2.45, 2.75) is 45.5 Å². The number of carbonyl (C=O) groups is 2. The number of halogens is 1. The summed E-state index contributed by atoms with van der Waals surface area (Å²) in [6.45, 7) is 7.17. The Hall–Kier alpha value is -2.57. The molecule has 4 nitrogen and oxygen atoms in total. The average molecular weight is 568 g/mol. The maximum absolute atomic E-state index is 13.7. The Kier molecular flexibility index (Phi) is 11.1. The monoisotopic (exact) mass is 566 g/mol. The summed E-state index contributed by atoms with van der Waals surface area (Å²) in [4.78, 5) is 29.0. The molecule has 0 saturated carbocycles. The zero-order chi connectivity index (χ0) is 25.9. The largest absolute Gasteiger partial charge is 0.354 e. The molecule has 36 heavy (non-hydrogen) atoms. The molecular formula is C30H35BrN2O2S. The molecule has 0 saturated heterocycles. The summed E-state index contributed by atoms with van der Waals surface area (Å²) in [5.74, 6) is 1.24. The van der Waals surface area contributed by atoms with Crippen LogP contribution in [0.25, 0.3) is 0 Å². The predicted octanol–water partition coefficient (Wildman–Crippen LogP) is 6.40. The third kappa shape index (κ3) is 8.82. The highest BCUT2D eigenvalue weighted by atomic mass is 79.9. The summed E-state index contributed by atoms with van der Waals surface area (Å²) < 4.78 is 1.04. The maximum atomic E-state index is 13.7. The fourth-order valence-corrected chi connectivity index (χ4v) is 5.00. The van der Waals surface area contributed by atoms with Crippen molar-refractivity contribution < 1.29 is 9.59 Å². The van der Waals surface area contributed by atoms with Crippen LogP contribution in [0.1, 0.15) is 36.1 Å². The molecule has 0 aliphatic carbocycles. The normalized spacial score (nSPS) is 11.8. The number of benzene rings is 3. The molecule has 3 aromatic carbocycles. The van der Waals surface area contributed by atoms with Crippen LogP contribution < -0.4 is 5.32 Å². The number of hydrogen-bond donors (Lipinski definition) is 1. The molecule has 0 fully saturated rings. The van der Waals surface area contributed by atoms with Crippen LogP contribution in [0, 0.1) is 12.8 Å². The minimum atomic E-state index is -0.591. The SMILES string of the molecule is Cc1ccccc1CN(C(=O)CSCc1ccc(Br)cc1)C(Cc1ccccc1)C(=O)NCC(C)C. The van der Waals surface area contributed by atoms with Gasteiger partial charge < -0.3 is 10.2 Å². The van der Waals surface area contributed by atoms with Gasteiger partial charge in [0.05, 0.1) is 5.75 Å². The highest BCUT2D eigenvalue weighted by molar-refractivity contribution is 9.10. The Bertz CT molecular complexity index is 1120. The van der Waals surface area contributed by atoms with E-state index in [1.807, 2.05) is 73.7 Å². The molecule has 190 valence electrons. The summed E-state index contributed by atoms with van der Waals surface area (Å²) in [7, 11) is 0. The number of nitrogens with zero attached hydrogens (tertiary/aromatic N) is 1. The minimum Gasteiger partial charge on any atom is -0.354 e. The third-order valence-corrected chi connectivity index (χ3v) is 7.48. The van der Waals surface area contributed by atoms with Crippen molar-refractivity contribution in [2.24, 2.45) is 5.92 Å². The van der Waals surface area contributed by atoms with Crippen molar-refractivity contribution in [3.63, 3.8) is 0 Å². The van der Waals surface area contributed by atoms with Gasteiger partial charge in [-0.2, -0.15) is 0 Å². The molecule has 1 unspecified atom stereocenters. The predicted molar refractivity (Wildman–Crippen MR) is 154 cm³/mol. The summed E-state index contributed by atoms with van der Waals surface area (Å²) in [6, 6.07) is 25.6. The molecular weight excluding hydrogens is 532 g/mol. The maximum Gasteiger partial charge on any atom is 0.243 e. The second-order valence-corrected chi connectivity index (χ2v) is 11.3. The minimum absolute atomic E-state index is 0.0269. The van der Waals surface area contributed by atoms with E-state index in [4.69, 9.17) is 0 Å². The van der Waals surface area contributed by atoms with Gasteiger partial charge in [-0.25, -0.2) is 0 Å². The molecule has 3 rings (SSSR count). The number of thioether (sulfide) groups is 1. The standard InChI is InChI=1S/C30H35BrN2O2S/c1-22(2)18-32-30(35)28(17-24-10-5-4-6-11-24)33(19-26-12-8-7-9-23(26)3)29(34)21-36-20-25-13-15-27(31)16-14-25/h4-16,22,28H,17-21H2,1-3H3,(H,32,35). The van der Waals surface area contributed by atoms with Gasteiger partial charge in [-0.15, -0.1) is 11.8 Å². The summed E-state index contributed by atoms with van der Waals surface area (Å²) >= 11 is 5.04. The van der Waals surface area contributed by atoms with Crippen LogP contribution in [0.4, 0.5) is 0 Å². The summed E-state index contributed by atoms with van der Waals surface area (Å²) in [5, 5.41) is 3.08.